The molecule has 0 saturated heterocycles. The monoisotopic (exact) mass is 470 g/mol. The summed E-state index contributed by atoms with van der Waals surface area (Å²) < 4.78 is 32.6. The normalized spacial score (nSPS) is 12.6. The number of carbonyl (C=O) groups excluding carboxylic acids is 1. The van der Waals surface area contributed by atoms with Gasteiger partial charge in [0.05, 0.1) is 16.4 Å². The summed E-state index contributed by atoms with van der Waals surface area (Å²) in [6, 6.07) is 3.47. The lowest BCUT2D eigenvalue weighted by molar-refractivity contribution is -0.384. The van der Waals surface area contributed by atoms with Gasteiger partial charge in [-0.2, -0.15) is 4.72 Å². The number of esters is 1. The zero-order chi connectivity index (χ0) is 18.2. The summed E-state index contributed by atoms with van der Waals surface area (Å²) in [6.45, 7) is 2.19. The van der Waals surface area contributed by atoms with Gasteiger partial charge in [-0.15, -0.1) is 0 Å². The number of ether oxygens (including phenoxy) is 1. The number of halogens is 1. The smallest absolute Gasteiger partial charge is 0.324 e. The van der Waals surface area contributed by atoms with Crippen LogP contribution < -0.4 is 4.72 Å². The lowest BCUT2D eigenvalue weighted by Gasteiger charge is -2.17. The van der Waals surface area contributed by atoms with Crippen LogP contribution in [0.15, 0.2) is 29.2 Å². The average Bonchev–Trinajstić information content (AvgIpc) is 2.54. The Labute approximate surface area is 154 Å². The molecular formula is C14H19IN2O6S. The van der Waals surface area contributed by atoms with Crippen molar-refractivity contribution < 1.29 is 22.9 Å². The first-order valence-electron chi connectivity index (χ1n) is 7.31. The van der Waals surface area contributed by atoms with Crippen molar-refractivity contribution in [3.8, 4) is 0 Å². The number of carbonyl (C=O) groups is 1. The lowest BCUT2D eigenvalue weighted by atomic mass is 10.2. The molecule has 0 aliphatic rings. The van der Waals surface area contributed by atoms with E-state index in [9.17, 15) is 23.3 Å². The van der Waals surface area contributed by atoms with Crippen LogP contribution in [-0.4, -0.2) is 36.4 Å². The van der Waals surface area contributed by atoms with Crippen molar-refractivity contribution >= 4 is 44.3 Å². The number of sulfonamides is 1. The highest BCUT2D eigenvalue weighted by Gasteiger charge is 2.26. The fourth-order valence-corrected chi connectivity index (χ4v) is 3.60. The van der Waals surface area contributed by atoms with E-state index >= 15 is 0 Å². The van der Waals surface area contributed by atoms with Gasteiger partial charge in [0.1, 0.15) is 6.04 Å². The number of non-ortho nitro benzene ring substituents is 1. The average molecular weight is 470 g/mol. The van der Waals surface area contributed by atoms with Gasteiger partial charge in [-0.3, -0.25) is 14.9 Å². The number of hydrogen-bond acceptors (Lipinski definition) is 6. The van der Waals surface area contributed by atoms with Gasteiger partial charge in [0, 0.05) is 16.6 Å². The van der Waals surface area contributed by atoms with Crippen LogP contribution in [0.2, 0.25) is 0 Å². The van der Waals surface area contributed by atoms with Crippen molar-refractivity contribution in [1.29, 1.82) is 0 Å². The Morgan fingerprint density at radius 1 is 1.38 bits per heavy atom. The topological polar surface area (TPSA) is 116 Å². The largest absolute Gasteiger partial charge is 0.465 e. The molecule has 134 valence electrons. The van der Waals surface area contributed by atoms with Gasteiger partial charge in [-0.25, -0.2) is 8.42 Å². The molecule has 0 aliphatic carbocycles. The highest BCUT2D eigenvalue weighted by Crippen LogP contribution is 2.16. The first-order valence-corrected chi connectivity index (χ1v) is 10.3. The lowest BCUT2D eigenvalue weighted by Crippen LogP contribution is -2.42. The van der Waals surface area contributed by atoms with E-state index in [4.69, 9.17) is 4.74 Å². The van der Waals surface area contributed by atoms with E-state index in [2.05, 4.69) is 4.72 Å². The second-order valence-corrected chi connectivity index (χ2v) is 7.72. The molecule has 0 heterocycles. The van der Waals surface area contributed by atoms with Crippen LogP contribution in [0, 0.1) is 10.1 Å². The number of nitrogens with one attached hydrogen (secondary N) is 1. The number of hydrogen-bond donors (Lipinski definition) is 1. The molecule has 1 rings (SSSR count). The number of alkyl halides is 1. The molecule has 0 spiro atoms. The Morgan fingerprint density at radius 3 is 2.50 bits per heavy atom. The number of unbranched alkanes of at least 4 members (excludes halogenated alkanes) is 1. The molecule has 1 N–H and O–H groups in total. The summed E-state index contributed by atoms with van der Waals surface area (Å²) in [5.74, 6) is -0.620. The maximum Gasteiger partial charge on any atom is 0.324 e. The Morgan fingerprint density at radius 2 is 2.00 bits per heavy atom. The Kier molecular flexibility index (Phi) is 8.56. The third kappa shape index (κ3) is 6.32. The highest BCUT2D eigenvalue weighted by molar-refractivity contribution is 14.1. The van der Waals surface area contributed by atoms with Gasteiger partial charge >= 0.3 is 5.97 Å². The van der Waals surface area contributed by atoms with Gasteiger partial charge in [0.25, 0.3) is 5.69 Å². The standard InChI is InChI=1S/C14H19IN2O6S/c1-2-3-10-23-14(18)13(8-9-15)16-24(21,22)12-6-4-11(5-7-12)17(19)20/h4-7,13,16H,2-3,8-10H2,1H3/t13-/m1/s1. The molecular weight excluding hydrogens is 451 g/mol. The van der Waals surface area contributed by atoms with Gasteiger partial charge in [0.2, 0.25) is 10.0 Å². The molecule has 0 fully saturated rings. The van der Waals surface area contributed by atoms with E-state index in [1.807, 2.05) is 29.5 Å². The molecule has 0 aliphatic heterocycles. The summed E-state index contributed by atoms with van der Waals surface area (Å²) in [6.07, 6.45) is 1.86. The molecule has 24 heavy (non-hydrogen) atoms. The molecule has 10 heteroatoms. The minimum Gasteiger partial charge on any atom is -0.465 e. The fraction of sp³-hybridized carbons (Fsp3) is 0.500. The summed E-state index contributed by atoms with van der Waals surface area (Å²) in [5, 5.41) is 10.6. The zero-order valence-electron chi connectivity index (χ0n) is 13.1. The van der Waals surface area contributed by atoms with Crippen molar-refractivity contribution in [3.63, 3.8) is 0 Å². The first kappa shape index (κ1) is 20.8. The molecule has 0 unspecified atom stereocenters. The highest BCUT2D eigenvalue weighted by atomic mass is 127. The minimum atomic E-state index is -3.98. The van der Waals surface area contributed by atoms with E-state index in [0.29, 0.717) is 10.8 Å². The minimum absolute atomic E-state index is 0.145. The van der Waals surface area contributed by atoms with Crippen LogP contribution in [0.5, 0.6) is 0 Å². The molecule has 0 radical (unpaired) electrons. The van der Waals surface area contributed by atoms with Crippen molar-refractivity contribution in [3.05, 3.63) is 34.4 Å². The quantitative estimate of drug-likeness (QED) is 0.140. The second kappa shape index (κ2) is 9.89. The molecule has 8 nitrogen and oxygen atoms in total. The van der Waals surface area contributed by atoms with Crippen LogP contribution in [0.1, 0.15) is 26.2 Å². The van der Waals surface area contributed by atoms with E-state index in [1.165, 1.54) is 0 Å². The van der Waals surface area contributed by atoms with Gasteiger partial charge in [0.15, 0.2) is 0 Å². The van der Waals surface area contributed by atoms with Crippen molar-refractivity contribution in [2.75, 3.05) is 11.0 Å². The molecule has 0 amide bonds. The summed E-state index contributed by atoms with van der Waals surface area (Å²) in [5.41, 5.74) is -0.211. The third-order valence-electron chi connectivity index (χ3n) is 3.08. The SMILES string of the molecule is CCCCOC(=O)[C@@H](CCI)NS(=O)(=O)c1ccc([N+](=O)[O-])cc1. The second-order valence-electron chi connectivity index (χ2n) is 4.92. The molecule has 1 atom stereocenters. The number of rotatable bonds is 10. The summed E-state index contributed by atoms with van der Waals surface area (Å²) in [7, 11) is -3.98. The van der Waals surface area contributed by atoms with Crippen molar-refractivity contribution in [2.45, 2.75) is 37.1 Å². The predicted octanol–water partition coefficient (Wildman–Crippen LogP) is 2.41. The van der Waals surface area contributed by atoms with Gasteiger partial charge < -0.3 is 4.74 Å². The maximum absolute atomic E-state index is 12.3. The molecule has 0 saturated carbocycles. The van der Waals surface area contributed by atoms with Gasteiger partial charge in [-0.1, -0.05) is 35.9 Å². The molecule has 0 bridgehead atoms. The first-order chi connectivity index (χ1) is 11.3. The summed E-state index contributed by atoms with van der Waals surface area (Å²) in [4.78, 5) is 21.9. The van der Waals surface area contributed by atoms with Crippen LogP contribution in [0.3, 0.4) is 0 Å². The van der Waals surface area contributed by atoms with Crippen LogP contribution in [-0.2, 0) is 19.6 Å². The van der Waals surface area contributed by atoms with E-state index in [-0.39, 0.29) is 23.6 Å². The number of nitro benzene ring substituents is 1. The van der Waals surface area contributed by atoms with Crippen LogP contribution in [0.4, 0.5) is 5.69 Å². The number of nitro groups is 1. The zero-order valence-corrected chi connectivity index (χ0v) is 16.1. The van der Waals surface area contributed by atoms with E-state index < -0.39 is 27.0 Å². The molecule has 1 aromatic carbocycles. The van der Waals surface area contributed by atoms with Crippen LogP contribution in [0.25, 0.3) is 0 Å². The summed E-state index contributed by atoms with van der Waals surface area (Å²) >= 11 is 2.04. The van der Waals surface area contributed by atoms with E-state index in [0.717, 1.165) is 30.7 Å². The number of nitrogens with zero attached hydrogens (tertiary/aromatic N) is 1. The fourth-order valence-electron chi connectivity index (χ4n) is 1.75. The third-order valence-corrected chi connectivity index (χ3v) is 5.19. The van der Waals surface area contributed by atoms with Crippen molar-refractivity contribution in [1.82, 2.24) is 4.72 Å². The maximum atomic E-state index is 12.3. The van der Waals surface area contributed by atoms with Crippen molar-refractivity contribution in [2.24, 2.45) is 0 Å². The molecule has 0 aromatic heterocycles. The Hall–Kier alpha value is -1.27. The number of benzene rings is 1. The molecule has 1 aromatic rings. The Balaban J connectivity index is 2.86. The van der Waals surface area contributed by atoms with Gasteiger partial charge in [-0.05, 0) is 25.0 Å². The van der Waals surface area contributed by atoms with Crippen LogP contribution >= 0.6 is 22.6 Å². The Bertz CT molecular complexity index is 662. The van der Waals surface area contributed by atoms with E-state index in [1.54, 1.807) is 0 Å². The predicted molar refractivity (Wildman–Crippen MR) is 96.6 cm³/mol.